The molecule has 0 saturated carbocycles. The molecule has 0 radical (unpaired) electrons. The van der Waals surface area contributed by atoms with Gasteiger partial charge in [0.1, 0.15) is 72.6 Å². The molecule has 0 aromatic heterocycles. The van der Waals surface area contributed by atoms with Crippen LogP contribution in [-0.4, -0.2) is 169 Å². The fourth-order valence-corrected chi connectivity index (χ4v) is 9.27. The second kappa shape index (κ2) is 33.3. The van der Waals surface area contributed by atoms with Gasteiger partial charge in [-0.15, -0.1) is 0 Å². The van der Waals surface area contributed by atoms with Gasteiger partial charge in [-0.2, -0.15) is 0 Å². The Kier molecular flexibility index (Phi) is 25.3. The van der Waals surface area contributed by atoms with E-state index in [1.165, 1.54) is 16.7 Å². The SMILES string of the molecule is COc1cccc(CCc2ccccc2OCC(O)CN2CCOC2)c1.COc1cccc(CCc2ccccc2OC[C@@H](O)CN2CCOC2)c1.COc1cccc(CCc2ccccc2OC[C@H](O)CN2CCOC2)c1. The van der Waals surface area contributed by atoms with Crippen molar-refractivity contribution >= 4 is 0 Å². The number of hydrogen-bond acceptors (Lipinski definition) is 15. The Hall–Kier alpha value is -6.24. The second-order valence-electron chi connectivity index (χ2n) is 19.6. The minimum Gasteiger partial charge on any atom is -0.497 e. The summed E-state index contributed by atoms with van der Waals surface area (Å²) in [5.41, 5.74) is 7.13. The first kappa shape index (κ1) is 59.4. The molecule has 15 nitrogen and oxygen atoms in total. The predicted molar refractivity (Wildman–Crippen MR) is 302 cm³/mol. The van der Waals surface area contributed by atoms with Gasteiger partial charge in [0.25, 0.3) is 0 Å². The number of ether oxygens (including phenoxy) is 9. The lowest BCUT2D eigenvalue weighted by molar-refractivity contribution is 0.0565. The van der Waals surface area contributed by atoms with Gasteiger partial charge in [-0.3, -0.25) is 14.7 Å². The molecule has 78 heavy (non-hydrogen) atoms. The Balaban J connectivity index is 0.000000170. The van der Waals surface area contributed by atoms with E-state index in [1.807, 2.05) is 91.0 Å². The van der Waals surface area contributed by atoms with Gasteiger partial charge in [-0.25, -0.2) is 0 Å². The molecule has 3 atom stereocenters. The first-order chi connectivity index (χ1) is 38.2. The van der Waals surface area contributed by atoms with Crippen LogP contribution in [0.15, 0.2) is 146 Å². The minimum absolute atomic E-state index is 0.284. The molecule has 0 bridgehead atoms. The lowest BCUT2D eigenvalue weighted by Gasteiger charge is -2.19. The molecule has 3 aliphatic heterocycles. The standard InChI is InChI=1S/3C21H27NO4/c3*1-24-20-7-4-5-17(13-20)9-10-18-6-2-3-8-21(18)26-15-19(23)14-22-11-12-25-16-22/h3*2-8,13,19,23H,9-12,14-16H2,1H3/t2*19-;/m10./s1. The van der Waals surface area contributed by atoms with Gasteiger partial charge in [0.15, 0.2) is 0 Å². The molecule has 6 aromatic rings. The summed E-state index contributed by atoms with van der Waals surface area (Å²) in [5, 5.41) is 30.6. The topological polar surface area (TPSA) is 153 Å². The molecule has 15 heteroatoms. The fourth-order valence-electron chi connectivity index (χ4n) is 9.27. The summed E-state index contributed by atoms with van der Waals surface area (Å²) in [4.78, 5) is 6.26. The van der Waals surface area contributed by atoms with Gasteiger partial charge >= 0.3 is 0 Å². The molecule has 3 heterocycles. The summed E-state index contributed by atoms with van der Waals surface area (Å²) in [7, 11) is 5.05. The molecule has 9 rings (SSSR count). The van der Waals surface area contributed by atoms with Gasteiger partial charge in [0.05, 0.1) is 61.3 Å². The highest BCUT2D eigenvalue weighted by atomic mass is 16.5. The third-order valence-electron chi connectivity index (χ3n) is 13.5. The van der Waals surface area contributed by atoms with E-state index >= 15 is 0 Å². The van der Waals surface area contributed by atoms with Gasteiger partial charge in [-0.05, 0) is 127 Å². The number of aryl methyl sites for hydroxylation is 6. The highest BCUT2D eigenvalue weighted by molar-refractivity contribution is 5.38. The molecule has 0 aliphatic carbocycles. The summed E-state index contributed by atoms with van der Waals surface area (Å²) in [6.07, 6.45) is 3.77. The smallest absolute Gasteiger partial charge is 0.122 e. The van der Waals surface area contributed by atoms with E-state index in [9.17, 15) is 15.3 Å². The molecular formula is C63H81N3O12. The van der Waals surface area contributed by atoms with Crippen molar-refractivity contribution in [3.8, 4) is 34.5 Å². The van der Waals surface area contributed by atoms with E-state index in [4.69, 9.17) is 42.6 Å². The Morgan fingerprint density at radius 1 is 0.385 bits per heavy atom. The van der Waals surface area contributed by atoms with Crippen molar-refractivity contribution in [2.24, 2.45) is 0 Å². The van der Waals surface area contributed by atoms with E-state index in [1.54, 1.807) is 21.3 Å². The van der Waals surface area contributed by atoms with Crippen LogP contribution < -0.4 is 28.4 Å². The number of nitrogens with zero attached hydrogens (tertiary/aromatic N) is 3. The maximum absolute atomic E-state index is 10.2. The Bertz CT molecular complexity index is 2340. The van der Waals surface area contributed by atoms with E-state index in [0.29, 0.717) is 39.8 Å². The summed E-state index contributed by atoms with van der Waals surface area (Å²) < 4.78 is 49.4. The zero-order valence-electron chi connectivity index (χ0n) is 45.8. The molecule has 420 valence electrons. The second-order valence-corrected chi connectivity index (χ2v) is 19.6. The maximum Gasteiger partial charge on any atom is 0.122 e. The number of aliphatic hydroxyl groups is 3. The third kappa shape index (κ3) is 20.9. The van der Waals surface area contributed by atoms with Crippen molar-refractivity contribution in [2.75, 3.05) is 120 Å². The van der Waals surface area contributed by atoms with Crippen molar-refractivity contribution < 1.29 is 58.0 Å². The molecule has 1 unspecified atom stereocenters. The van der Waals surface area contributed by atoms with Crippen molar-refractivity contribution in [3.05, 3.63) is 179 Å². The fraction of sp³-hybridized carbons (Fsp3) is 0.429. The molecule has 3 fully saturated rings. The predicted octanol–water partition coefficient (Wildman–Crippen LogP) is 7.53. The van der Waals surface area contributed by atoms with Crippen LogP contribution in [0.2, 0.25) is 0 Å². The van der Waals surface area contributed by atoms with E-state index in [0.717, 1.165) is 129 Å². The number of benzene rings is 6. The van der Waals surface area contributed by atoms with Crippen LogP contribution >= 0.6 is 0 Å². The van der Waals surface area contributed by atoms with Crippen LogP contribution in [0, 0.1) is 0 Å². The Morgan fingerprint density at radius 2 is 0.679 bits per heavy atom. The largest absolute Gasteiger partial charge is 0.497 e. The van der Waals surface area contributed by atoms with Crippen molar-refractivity contribution in [1.29, 1.82) is 0 Å². The summed E-state index contributed by atoms with van der Waals surface area (Å²) in [5.74, 6) is 5.15. The molecule has 6 aromatic carbocycles. The average Bonchev–Trinajstić information content (AvgIpc) is 4.32. The van der Waals surface area contributed by atoms with Gasteiger partial charge in [0.2, 0.25) is 0 Å². The van der Waals surface area contributed by atoms with E-state index in [2.05, 4.69) is 69.3 Å². The third-order valence-corrected chi connectivity index (χ3v) is 13.5. The highest BCUT2D eigenvalue weighted by Crippen LogP contribution is 2.25. The number of β-amino-alcohol motifs (C(OH)–C–C–N with tert-alkyl or cyclic N) is 3. The van der Waals surface area contributed by atoms with Crippen LogP contribution in [0.4, 0.5) is 0 Å². The summed E-state index contributed by atoms with van der Waals surface area (Å²) in [6, 6.07) is 48.5. The van der Waals surface area contributed by atoms with Crippen molar-refractivity contribution in [1.82, 2.24) is 14.7 Å². The van der Waals surface area contributed by atoms with Crippen LogP contribution in [-0.2, 0) is 52.7 Å². The monoisotopic (exact) mass is 1070 g/mol. The molecule has 3 aliphatic rings. The minimum atomic E-state index is -0.525. The quantitative estimate of drug-likeness (QED) is 0.0466. The lowest BCUT2D eigenvalue weighted by Crippen LogP contribution is -2.34. The lowest BCUT2D eigenvalue weighted by atomic mass is 10.0. The number of methoxy groups -OCH3 is 3. The van der Waals surface area contributed by atoms with Crippen molar-refractivity contribution in [3.63, 3.8) is 0 Å². The molecule has 0 amide bonds. The Morgan fingerprint density at radius 3 is 0.949 bits per heavy atom. The van der Waals surface area contributed by atoms with Crippen molar-refractivity contribution in [2.45, 2.75) is 56.8 Å². The first-order valence-corrected chi connectivity index (χ1v) is 27.2. The number of rotatable bonds is 27. The summed E-state index contributed by atoms with van der Waals surface area (Å²) in [6.45, 7) is 9.17. The van der Waals surface area contributed by atoms with Gasteiger partial charge < -0.3 is 58.0 Å². The van der Waals surface area contributed by atoms with Crippen LogP contribution in [0.3, 0.4) is 0 Å². The maximum atomic E-state index is 10.2. The molecular weight excluding hydrogens is 991 g/mol. The highest BCUT2D eigenvalue weighted by Gasteiger charge is 2.20. The zero-order chi connectivity index (χ0) is 54.6. The number of para-hydroxylation sites is 3. The van der Waals surface area contributed by atoms with Crippen LogP contribution in [0.25, 0.3) is 0 Å². The number of hydrogen-bond donors (Lipinski definition) is 3. The van der Waals surface area contributed by atoms with Gasteiger partial charge in [0, 0.05) is 39.3 Å². The molecule has 0 spiro atoms. The first-order valence-electron chi connectivity index (χ1n) is 27.2. The normalized spacial score (nSPS) is 15.8. The van der Waals surface area contributed by atoms with E-state index in [-0.39, 0.29) is 19.8 Å². The van der Waals surface area contributed by atoms with Crippen LogP contribution in [0.5, 0.6) is 34.5 Å². The number of aliphatic hydroxyl groups excluding tert-OH is 3. The summed E-state index contributed by atoms with van der Waals surface area (Å²) >= 11 is 0. The van der Waals surface area contributed by atoms with Gasteiger partial charge in [-0.1, -0.05) is 91.0 Å². The zero-order valence-corrected chi connectivity index (χ0v) is 45.8. The molecule has 3 N–H and O–H groups in total. The average molecular weight is 1070 g/mol. The molecule has 3 saturated heterocycles. The Labute approximate surface area is 461 Å². The van der Waals surface area contributed by atoms with E-state index < -0.39 is 18.3 Å². The van der Waals surface area contributed by atoms with Crippen LogP contribution in [0.1, 0.15) is 33.4 Å².